The standard InChI is InChI=1S/2C19H34N2O6.Ca/c2*1-4-7-8-9-10-17(23)20-11-12-21(13-14-22,15(5-2)18(24)25)16(6-3)19(26)27;/h2*7-8,15-16,22H,4-6,9-14H2,1-3H3,(H2-,20,23,24,25,26,27);/q;;+2/b2*8-7+;. The molecule has 6 atom stereocenters. The van der Waals surface area contributed by atoms with Gasteiger partial charge < -0.3 is 59.8 Å². The van der Waals surface area contributed by atoms with Crippen molar-refractivity contribution >= 4 is 73.4 Å². The van der Waals surface area contributed by atoms with E-state index in [1.807, 2.05) is 38.2 Å². The Bertz CT molecular complexity index is 1070. The first-order chi connectivity index (χ1) is 25.6. The summed E-state index contributed by atoms with van der Waals surface area (Å²) >= 11 is 0. The van der Waals surface area contributed by atoms with Crippen LogP contribution in [0.5, 0.6) is 0 Å². The second kappa shape index (κ2) is 32.5. The average Bonchev–Trinajstić information content (AvgIpc) is 3.09. The zero-order chi connectivity index (χ0) is 41.7. The fourth-order valence-corrected chi connectivity index (χ4v) is 7.26. The van der Waals surface area contributed by atoms with Gasteiger partial charge in [-0.2, -0.15) is 0 Å². The molecule has 16 nitrogen and oxygen atoms in total. The molecule has 0 spiro atoms. The third kappa shape index (κ3) is 19.9. The van der Waals surface area contributed by atoms with Gasteiger partial charge in [-0.15, -0.1) is 0 Å². The molecule has 55 heavy (non-hydrogen) atoms. The molecule has 0 radical (unpaired) electrons. The van der Waals surface area contributed by atoms with Crippen LogP contribution in [0, 0.1) is 0 Å². The zero-order valence-corrected chi connectivity index (χ0v) is 36.2. The topological polar surface area (TPSA) is 254 Å². The molecule has 0 aromatic carbocycles. The Balaban J connectivity index is -0.000000966. The van der Waals surface area contributed by atoms with Crippen LogP contribution in [0.1, 0.15) is 106 Å². The molecule has 0 aromatic heterocycles. The van der Waals surface area contributed by atoms with Crippen molar-refractivity contribution in [2.45, 2.75) is 130 Å². The van der Waals surface area contributed by atoms with Crippen LogP contribution in [-0.4, -0.2) is 179 Å². The monoisotopic (exact) mass is 812 g/mol. The Labute approximate surface area is 357 Å². The minimum absolute atomic E-state index is 0. The molecule has 6 unspecified atom stereocenters. The Hall–Kier alpha value is -2.60. The predicted octanol–water partition coefficient (Wildman–Crippen LogP) is -0.281. The zero-order valence-electron chi connectivity index (χ0n) is 34.0. The minimum Gasteiger partial charge on any atom is -0.544 e. The smallest absolute Gasteiger partial charge is 0.544 e. The van der Waals surface area contributed by atoms with Crippen LogP contribution < -0.4 is 20.8 Å². The van der Waals surface area contributed by atoms with Crippen molar-refractivity contribution in [1.29, 1.82) is 0 Å². The van der Waals surface area contributed by atoms with Crippen LogP contribution in [-0.2, 0) is 28.8 Å². The Morgan fingerprint density at radius 3 is 1.07 bits per heavy atom. The van der Waals surface area contributed by atoms with Crippen LogP contribution in [0.15, 0.2) is 24.3 Å². The minimum atomic E-state index is -1.35. The molecule has 0 aromatic rings. The Kier molecular flexibility index (Phi) is 33.5. The number of hydrogen-bond donors (Lipinski definition) is 6. The SMILES string of the molecule is CC/C=C/CCC(=O)NCC[N+](CCO)(C(CC)C(=O)[O-])C(CC)C(=O)O.CC/C=C/CCC(=O)NCC[N+](CCO)(C(CC)C(=O)[O-])C(CC)C(=O)O.[Ca+2]. The van der Waals surface area contributed by atoms with E-state index in [0.717, 1.165) is 12.8 Å². The molecule has 0 aliphatic carbocycles. The van der Waals surface area contributed by atoms with Gasteiger partial charge in [0, 0.05) is 38.5 Å². The van der Waals surface area contributed by atoms with E-state index in [9.17, 15) is 59.4 Å². The fourth-order valence-electron chi connectivity index (χ4n) is 7.26. The molecule has 0 aliphatic heterocycles. The predicted molar refractivity (Wildman–Crippen MR) is 205 cm³/mol. The third-order valence-electron chi connectivity index (χ3n) is 9.76. The molecular weight excluding hydrogens is 745 g/mol. The van der Waals surface area contributed by atoms with Gasteiger partial charge >= 0.3 is 49.7 Å². The number of amides is 2. The molecule has 0 aliphatic rings. The number of rotatable bonds is 30. The number of carbonyl (C=O) groups excluding carboxylic acids is 4. The summed E-state index contributed by atoms with van der Waals surface area (Å²) in [5.74, 6) is -5.29. The molecule has 312 valence electrons. The first kappa shape index (κ1) is 56.7. The number of allylic oxidation sites excluding steroid dienone is 4. The van der Waals surface area contributed by atoms with Gasteiger partial charge in [-0.05, 0) is 25.7 Å². The summed E-state index contributed by atoms with van der Waals surface area (Å²) in [5, 5.41) is 67.2. The van der Waals surface area contributed by atoms with Crippen molar-refractivity contribution in [3.8, 4) is 0 Å². The van der Waals surface area contributed by atoms with E-state index < -0.39 is 48.0 Å². The molecule has 17 heteroatoms. The van der Waals surface area contributed by atoms with Crippen LogP contribution in [0.25, 0.3) is 0 Å². The van der Waals surface area contributed by atoms with Crippen molar-refractivity contribution in [3.05, 3.63) is 24.3 Å². The number of carboxylic acid groups (broad SMARTS) is 4. The Morgan fingerprint density at radius 1 is 0.545 bits per heavy atom. The summed E-state index contributed by atoms with van der Waals surface area (Å²) in [6.45, 7) is 10.3. The summed E-state index contributed by atoms with van der Waals surface area (Å²) < 4.78 is -0.700. The van der Waals surface area contributed by atoms with E-state index in [1.54, 1.807) is 27.7 Å². The van der Waals surface area contributed by atoms with Gasteiger partial charge in [0.1, 0.15) is 25.2 Å². The maximum atomic E-state index is 12.0. The van der Waals surface area contributed by atoms with Gasteiger partial charge in [-0.1, -0.05) is 65.8 Å². The van der Waals surface area contributed by atoms with E-state index in [1.165, 1.54) is 0 Å². The van der Waals surface area contributed by atoms with Crippen molar-refractivity contribution in [3.63, 3.8) is 0 Å². The summed E-state index contributed by atoms with van der Waals surface area (Å²) in [4.78, 5) is 70.9. The maximum absolute atomic E-state index is 12.0. The van der Waals surface area contributed by atoms with Gasteiger partial charge in [0.05, 0.1) is 51.3 Å². The first-order valence-electron chi connectivity index (χ1n) is 19.3. The van der Waals surface area contributed by atoms with E-state index in [2.05, 4.69) is 10.6 Å². The first-order valence-corrected chi connectivity index (χ1v) is 19.3. The molecule has 2 amide bonds. The van der Waals surface area contributed by atoms with Crippen molar-refractivity contribution in [2.24, 2.45) is 0 Å². The number of aliphatic carboxylic acids is 4. The third-order valence-corrected chi connectivity index (χ3v) is 9.76. The largest absolute Gasteiger partial charge is 2.00 e. The van der Waals surface area contributed by atoms with Crippen LogP contribution in [0.3, 0.4) is 0 Å². The number of aliphatic hydroxyl groups excluding tert-OH is 2. The van der Waals surface area contributed by atoms with Crippen molar-refractivity contribution in [2.75, 3.05) is 52.5 Å². The number of carbonyl (C=O) groups is 6. The fraction of sp³-hybridized carbons (Fsp3) is 0.737. The number of nitrogens with one attached hydrogen (secondary N) is 2. The summed E-state index contributed by atoms with van der Waals surface area (Å²) in [5.41, 5.74) is 0. The molecular formula is C38H68CaN4O12+2. The van der Waals surface area contributed by atoms with Crippen LogP contribution >= 0.6 is 0 Å². The number of hydrogen-bond acceptors (Lipinski definition) is 10. The molecule has 0 fully saturated rings. The van der Waals surface area contributed by atoms with Gasteiger partial charge in [-0.3, -0.25) is 9.59 Å². The maximum Gasteiger partial charge on any atom is 2.00 e. The average molecular weight is 813 g/mol. The van der Waals surface area contributed by atoms with Crippen molar-refractivity contribution < 1.29 is 68.4 Å². The summed E-state index contributed by atoms with van der Waals surface area (Å²) in [6, 6.07) is -4.18. The van der Waals surface area contributed by atoms with Gasteiger partial charge in [0.25, 0.3) is 0 Å². The summed E-state index contributed by atoms with van der Waals surface area (Å²) in [6.07, 6.45) is 12.2. The number of quaternary nitrogens is 2. The van der Waals surface area contributed by atoms with E-state index in [4.69, 9.17) is 0 Å². The number of nitrogens with zero attached hydrogens (tertiary/aromatic N) is 2. The van der Waals surface area contributed by atoms with Crippen LogP contribution in [0.4, 0.5) is 0 Å². The summed E-state index contributed by atoms with van der Waals surface area (Å²) in [7, 11) is 0. The number of carboxylic acids is 4. The van der Waals surface area contributed by atoms with E-state index in [-0.39, 0.29) is 137 Å². The Morgan fingerprint density at radius 2 is 0.855 bits per heavy atom. The molecule has 0 rings (SSSR count). The molecule has 0 saturated carbocycles. The second-order valence-corrected chi connectivity index (χ2v) is 13.1. The normalized spacial score (nSPS) is 15.6. The van der Waals surface area contributed by atoms with Gasteiger partial charge in [0.15, 0.2) is 12.1 Å². The van der Waals surface area contributed by atoms with Crippen LogP contribution in [0.2, 0.25) is 0 Å². The quantitative estimate of drug-likeness (QED) is 0.0311. The molecule has 0 saturated heterocycles. The van der Waals surface area contributed by atoms with Gasteiger partial charge in [0.2, 0.25) is 11.8 Å². The second-order valence-electron chi connectivity index (χ2n) is 13.1. The number of aliphatic hydroxyl groups is 2. The van der Waals surface area contributed by atoms with Crippen molar-refractivity contribution in [1.82, 2.24) is 10.6 Å². The molecule has 0 heterocycles. The van der Waals surface area contributed by atoms with E-state index >= 15 is 0 Å². The van der Waals surface area contributed by atoms with Gasteiger partial charge in [-0.25, -0.2) is 9.59 Å². The molecule has 6 N–H and O–H groups in total. The van der Waals surface area contributed by atoms with E-state index in [0.29, 0.717) is 25.7 Å². The molecule has 0 bridgehead atoms.